The number of para-hydroxylation sites is 1. The summed E-state index contributed by atoms with van der Waals surface area (Å²) in [5.74, 6) is 1.80. The number of aryl methyl sites for hydroxylation is 1. The zero-order valence-corrected chi connectivity index (χ0v) is 21.8. The minimum absolute atomic E-state index is 0.0755. The van der Waals surface area contributed by atoms with Crippen LogP contribution in [0.5, 0.6) is 11.5 Å². The van der Waals surface area contributed by atoms with Gasteiger partial charge in [-0.1, -0.05) is 42.7 Å². The molecule has 1 N–H and O–H groups in total. The Morgan fingerprint density at radius 1 is 1.05 bits per heavy atom. The second kappa shape index (κ2) is 10.8. The van der Waals surface area contributed by atoms with Crippen LogP contribution in [0.2, 0.25) is 0 Å². The van der Waals surface area contributed by atoms with Crippen LogP contribution in [0.1, 0.15) is 55.2 Å². The van der Waals surface area contributed by atoms with Crippen molar-refractivity contribution in [2.24, 2.45) is 0 Å². The molecule has 1 atom stereocenters. The smallest absolute Gasteiger partial charge is 0.250 e. The fourth-order valence-electron chi connectivity index (χ4n) is 5.36. The summed E-state index contributed by atoms with van der Waals surface area (Å²) < 4.78 is 18.6. The third-order valence-electron chi connectivity index (χ3n) is 7.36. The summed E-state index contributed by atoms with van der Waals surface area (Å²) in [6.45, 7) is 2.05. The van der Waals surface area contributed by atoms with Gasteiger partial charge in [0.1, 0.15) is 23.6 Å². The number of aromatic nitrogens is 3. The van der Waals surface area contributed by atoms with Crippen molar-refractivity contribution in [2.75, 3.05) is 6.79 Å². The first-order valence-electron chi connectivity index (χ1n) is 13.4. The number of nitrogens with one attached hydrogen (secondary N) is 1. The number of hydrogen-bond acceptors (Lipinski definition) is 7. The number of rotatable bonds is 8. The lowest BCUT2D eigenvalue weighted by Crippen LogP contribution is -2.47. The Labute approximate surface area is 225 Å². The molecule has 10 heteroatoms. The average Bonchev–Trinajstić information content (AvgIpc) is 3.69. The first kappa shape index (κ1) is 25.0. The maximum Gasteiger partial charge on any atom is 0.250 e. The average molecular weight is 530 g/mol. The van der Waals surface area contributed by atoms with Crippen molar-refractivity contribution in [1.29, 1.82) is 0 Å². The number of carbonyl (C=O) groups is 2. The molecule has 2 aliphatic rings. The Morgan fingerprint density at radius 3 is 2.69 bits per heavy atom. The van der Waals surface area contributed by atoms with E-state index in [1.54, 1.807) is 15.6 Å². The van der Waals surface area contributed by atoms with E-state index >= 15 is 0 Å². The topological polar surface area (TPSA) is 112 Å². The first-order chi connectivity index (χ1) is 19.0. The van der Waals surface area contributed by atoms with Crippen LogP contribution >= 0.6 is 0 Å². The maximum atomic E-state index is 14.1. The normalized spacial score (nSPS) is 15.8. The van der Waals surface area contributed by atoms with E-state index in [-0.39, 0.29) is 37.7 Å². The second-order valence-corrected chi connectivity index (χ2v) is 10.1. The molecule has 2 aromatic heterocycles. The van der Waals surface area contributed by atoms with E-state index < -0.39 is 6.04 Å². The van der Waals surface area contributed by atoms with Crippen molar-refractivity contribution in [1.82, 2.24) is 25.2 Å². The summed E-state index contributed by atoms with van der Waals surface area (Å²) in [7, 11) is 0. The third kappa shape index (κ3) is 5.32. The Hall–Kier alpha value is -4.34. The fraction of sp³-hybridized carbons (Fsp3) is 0.379. The van der Waals surface area contributed by atoms with Crippen LogP contribution < -0.4 is 14.8 Å². The molecule has 202 valence electrons. The molecular formula is C29H31N5O5. The van der Waals surface area contributed by atoms with Crippen molar-refractivity contribution < 1.29 is 23.5 Å². The van der Waals surface area contributed by atoms with E-state index in [9.17, 15) is 9.59 Å². The Bertz CT molecular complexity index is 1490. The predicted molar refractivity (Wildman–Crippen MR) is 142 cm³/mol. The van der Waals surface area contributed by atoms with Gasteiger partial charge in [-0.25, -0.2) is 4.68 Å². The summed E-state index contributed by atoms with van der Waals surface area (Å²) >= 11 is 0. The standard InChI is InChI=1S/C29H31N5O5/c1-19-11-13-25(39-19)28(29(36)30-21-7-3-2-4-8-21)33(16-20-12-14-24-26(15-20)38-18-37-24)27(35)17-34-23-10-6-5-9-22(23)31-32-34/h5-6,9-15,21,28H,2-4,7-8,16-18H2,1H3,(H,30,36). The molecule has 2 aromatic carbocycles. The second-order valence-electron chi connectivity index (χ2n) is 10.1. The molecule has 0 spiro atoms. The van der Waals surface area contributed by atoms with Crippen molar-refractivity contribution in [3.8, 4) is 11.5 Å². The van der Waals surface area contributed by atoms with Gasteiger partial charge in [0, 0.05) is 12.6 Å². The zero-order chi connectivity index (χ0) is 26.8. The highest BCUT2D eigenvalue weighted by atomic mass is 16.7. The number of ether oxygens (including phenoxy) is 2. The predicted octanol–water partition coefficient (Wildman–Crippen LogP) is 4.28. The number of carbonyl (C=O) groups excluding carboxylic acids is 2. The lowest BCUT2D eigenvalue weighted by molar-refractivity contribution is -0.143. The van der Waals surface area contributed by atoms with Crippen LogP contribution in [0.15, 0.2) is 59.0 Å². The molecule has 10 nitrogen and oxygen atoms in total. The molecule has 0 saturated heterocycles. The van der Waals surface area contributed by atoms with Gasteiger partial charge in [0.2, 0.25) is 12.7 Å². The molecule has 4 aromatic rings. The quantitative estimate of drug-likeness (QED) is 0.363. The summed E-state index contributed by atoms with van der Waals surface area (Å²) in [6, 6.07) is 15.7. The number of amides is 2. The number of furan rings is 1. The Balaban J connectivity index is 1.36. The van der Waals surface area contributed by atoms with E-state index in [1.165, 1.54) is 6.42 Å². The molecule has 1 aliphatic heterocycles. The molecule has 0 bridgehead atoms. The highest BCUT2D eigenvalue weighted by Crippen LogP contribution is 2.34. The van der Waals surface area contributed by atoms with Gasteiger partial charge in [-0.15, -0.1) is 5.10 Å². The Kier molecular flexibility index (Phi) is 6.91. The minimum atomic E-state index is -0.965. The van der Waals surface area contributed by atoms with Crippen LogP contribution in [0.4, 0.5) is 0 Å². The highest BCUT2D eigenvalue weighted by molar-refractivity contribution is 5.89. The molecule has 1 unspecified atom stereocenters. The summed E-state index contributed by atoms with van der Waals surface area (Å²) in [6.07, 6.45) is 5.19. The summed E-state index contributed by atoms with van der Waals surface area (Å²) in [5.41, 5.74) is 2.24. The molecule has 6 rings (SSSR count). The van der Waals surface area contributed by atoms with Crippen LogP contribution in [0.3, 0.4) is 0 Å². The fourth-order valence-corrected chi connectivity index (χ4v) is 5.36. The van der Waals surface area contributed by atoms with Gasteiger partial charge < -0.3 is 24.1 Å². The van der Waals surface area contributed by atoms with E-state index in [0.29, 0.717) is 28.5 Å². The summed E-state index contributed by atoms with van der Waals surface area (Å²) in [4.78, 5) is 29.5. The van der Waals surface area contributed by atoms with Crippen LogP contribution in [-0.4, -0.2) is 44.5 Å². The number of nitrogens with zero attached hydrogens (tertiary/aromatic N) is 4. The van der Waals surface area contributed by atoms with Crippen molar-refractivity contribution >= 4 is 22.8 Å². The minimum Gasteiger partial charge on any atom is -0.464 e. The van der Waals surface area contributed by atoms with E-state index in [4.69, 9.17) is 13.9 Å². The Morgan fingerprint density at radius 2 is 1.87 bits per heavy atom. The highest BCUT2D eigenvalue weighted by Gasteiger charge is 2.36. The van der Waals surface area contributed by atoms with E-state index in [2.05, 4.69) is 15.6 Å². The molecule has 39 heavy (non-hydrogen) atoms. The monoisotopic (exact) mass is 529 g/mol. The lowest BCUT2D eigenvalue weighted by atomic mass is 9.95. The van der Waals surface area contributed by atoms with Crippen LogP contribution in [0.25, 0.3) is 11.0 Å². The third-order valence-corrected chi connectivity index (χ3v) is 7.36. The molecule has 1 saturated carbocycles. The molecular weight excluding hydrogens is 498 g/mol. The molecule has 2 amide bonds. The van der Waals surface area contributed by atoms with Crippen molar-refractivity contribution in [2.45, 2.75) is 64.2 Å². The van der Waals surface area contributed by atoms with E-state index in [1.807, 2.05) is 55.5 Å². The maximum absolute atomic E-state index is 14.1. The largest absolute Gasteiger partial charge is 0.464 e. The van der Waals surface area contributed by atoms with E-state index in [0.717, 1.165) is 36.8 Å². The van der Waals surface area contributed by atoms with Gasteiger partial charge in [0.25, 0.3) is 5.91 Å². The van der Waals surface area contributed by atoms with Gasteiger partial charge in [-0.05, 0) is 61.7 Å². The number of hydrogen-bond donors (Lipinski definition) is 1. The lowest BCUT2D eigenvalue weighted by Gasteiger charge is -2.32. The van der Waals surface area contributed by atoms with Crippen molar-refractivity contribution in [3.05, 3.63) is 71.7 Å². The molecule has 3 heterocycles. The van der Waals surface area contributed by atoms with Crippen molar-refractivity contribution in [3.63, 3.8) is 0 Å². The number of fused-ring (bicyclic) bond motifs is 2. The van der Waals surface area contributed by atoms with Gasteiger partial charge in [-0.2, -0.15) is 0 Å². The molecule has 0 radical (unpaired) electrons. The van der Waals surface area contributed by atoms with Crippen LogP contribution in [0, 0.1) is 6.92 Å². The zero-order valence-electron chi connectivity index (χ0n) is 21.8. The van der Waals surface area contributed by atoms with Gasteiger partial charge >= 0.3 is 0 Å². The summed E-state index contributed by atoms with van der Waals surface area (Å²) in [5, 5.41) is 11.6. The SMILES string of the molecule is Cc1ccc(C(C(=O)NC2CCCCC2)N(Cc2ccc3c(c2)OCO3)C(=O)Cn2nnc3ccccc32)o1. The van der Waals surface area contributed by atoms with Gasteiger partial charge in [-0.3, -0.25) is 9.59 Å². The van der Waals surface area contributed by atoms with Crippen LogP contribution in [-0.2, 0) is 22.7 Å². The number of benzene rings is 2. The first-order valence-corrected chi connectivity index (χ1v) is 13.4. The molecule has 1 fully saturated rings. The van der Waals surface area contributed by atoms with Gasteiger partial charge in [0.05, 0.1) is 5.52 Å². The molecule has 1 aliphatic carbocycles. The van der Waals surface area contributed by atoms with Gasteiger partial charge in [0.15, 0.2) is 17.5 Å².